The number of thioether (sulfide) groups is 1. The summed E-state index contributed by atoms with van der Waals surface area (Å²) in [5, 5.41) is 16.1. The van der Waals surface area contributed by atoms with Crippen molar-refractivity contribution in [2.24, 2.45) is 5.10 Å². The number of benzene rings is 3. The molecule has 1 aliphatic heterocycles. The summed E-state index contributed by atoms with van der Waals surface area (Å²) in [6.45, 7) is 4.03. The van der Waals surface area contributed by atoms with Crippen LogP contribution < -0.4 is 15.6 Å². The number of amides is 2. The molecule has 0 saturated carbocycles. The first-order chi connectivity index (χ1) is 18.5. The molecule has 1 fully saturated rings. The van der Waals surface area contributed by atoms with Crippen LogP contribution in [-0.2, 0) is 5.75 Å². The van der Waals surface area contributed by atoms with Gasteiger partial charge >= 0.3 is 0 Å². The Kier molecular flexibility index (Phi) is 9.95. The molecule has 7 nitrogen and oxygen atoms in total. The van der Waals surface area contributed by atoms with E-state index < -0.39 is 5.91 Å². The molecule has 1 aliphatic rings. The summed E-state index contributed by atoms with van der Waals surface area (Å²) in [6, 6.07) is 20.8. The number of carbonyl (C=O) groups is 2. The van der Waals surface area contributed by atoms with E-state index in [9.17, 15) is 9.59 Å². The molecule has 0 unspecified atom stereocenters. The summed E-state index contributed by atoms with van der Waals surface area (Å²) in [5.74, 6) is 0.669. The number of nitrogens with one attached hydrogen (secondary N) is 2. The number of carbonyl (C=O) groups excluding carboxylic acids is 2. The van der Waals surface area contributed by atoms with E-state index in [0.717, 1.165) is 48.3 Å². The lowest BCUT2D eigenvalue weighted by Gasteiger charge is -2.29. The van der Waals surface area contributed by atoms with Gasteiger partial charge in [-0.3, -0.25) is 9.59 Å². The molecule has 198 valence electrons. The number of nitrogens with zero attached hydrogens (tertiary/aromatic N) is 2. The third-order valence-electron chi connectivity index (χ3n) is 6.37. The highest BCUT2D eigenvalue weighted by molar-refractivity contribution is 7.98. The molecule has 0 atom stereocenters. The van der Waals surface area contributed by atoms with Gasteiger partial charge in [-0.05, 0) is 67.6 Å². The maximum Gasteiger partial charge on any atom is 0.273 e. The van der Waals surface area contributed by atoms with Crippen LogP contribution in [0.5, 0.6) is 0 Å². The van der Waals surface area contributed by atoms with Crippen molar-refractivity contribution >= 4 is 41.2 Å². The number of hydrazone groups is 1. The number of piperidine rings is 1. The number of hydrogen-bond acceptors (Lipinski definition) is 6. The van der Waals surface area contributed by atoms with E-state index in [1.807, 2.05) is 61.5 Å². The number of anilines is 2. The highest BCUT2D eigenvalue weighted by Crippen LogP contribution is 2.27. The lowest BCUT2D eigenvalue weighted by molar-refractivity contribution is 0.0956. The molecule has 0 radical (unpaired) electrons. The highest BCUT2D eigenvalue weighted by Gasteiger charge is 2.18. The number of hydrogen-bond donors (Lipinski definition) is 3. The molecule has 0 aromatic heterocycles. The lowest BCUT2D eigenvalue weighted by atomic mass is 10.1. The Balaban J connectivity index is 1.54. The zero-order valence-electron chi connectivity index (χ0n) is 21.7. The van der Waals surface area contributed by atoms with Crippen LogP contribution in [0.1, 0.15) is 56.7 Å². The minimum Gasteiger partial charge on any atom is -0.396 e. The normalized spacial score (nSPS) is 13.5. The minimum atomic E-state index is -0.392. The molecule has 0 spiro atoms. The number of aryl methyl sites for hydroxylation is 1. The van der Waals surface area contributed by atoms with E-state index in [1.165, 1.54) is 6.42 Å². The average Bonchev–Trinajstić information content (AvgIpc) is 2.95. The summed E-state index contributed by atoms with van der Waals surface area (Å²) >= 11 is 1.61. The first-order valence-electron chi connectivity index (χ1n) is 12.9. The fourth-order valence-corrected chi connectivity index (χ4v) is 5.00. The number of rotatable bonds is 10. The van der Waals surface area contributed by atoms with Gasteiger partial charge in [0.15, 0.2) is 0 Å². The summed E-state index contributed by atoms with van der Waals surface area (Å²) in [7, 11) is 0. The van der Waals surface area contributed by atoms with Gasteiger partial charge in [0.1, 0.15) is 0 Å². The van der Waals surface area contributed by atoms with Crippen molar-refractivity contribution in [1.82, 2.24) is 5.43 Å². The molecule has 3 aromatic rings. The summed E-state index contributed by atoms with van der Waals surface area (Å²) < 4.78 is 0. The molecule has 0 bridgehead atoms. The van der Waals surface area contributed by atoms with Gasteiger partial charge in [0.25, 0.3) is 11.8 Å². The first-order valence-corrected chi connectivity index (χ1v) is 14.1. The smallest absolute Gasteiger partial charge is 0.273 e. The second-order valence-electron chi connectivity index (χ2n) is 9.32. The van der Waals surface area contributed by atoms with Crippen molar-refractivity contribution < 1.29 is 14.7 Å². The van der Waals surface area contributed by atoms with E-state index >= 15 is 0 Å². The van der Waals surface area contributed by atoms with Crippen LogP contribution >= 0.6 is 11.8 Å². The van der Waals surface area contributed by atoms with Crippen LogP contribution in [0.25, 0.3) is 0 Å². The van der Waals surface area contributed by atoms with Crippen LogP contribution in [0.2, 0.25) is 0 Å². The Morgan fingerprint density at radius 3 is 2.55 bits per heavy atom. The molecule has 1 heterocycles. The topological polar surface area (TPSA) is 94.0 Å². The molecule has 8 heteroatoms. The van der Waals surface area contributed by atoms with Crippen molar-refractivity contribution in [2.45, 2.75) is 31.9 Å². The molecule has 3 N–H and O–H groups in total. The molecule has 2 amide bonds. The predicted molar refractivity (Wildman–Crippen MR) is 156 cm³/mol. The first kappa shape index (κ1) is 27.4. The SMILES string of the molecule is Cc1ccc(C=NNC(=O)c2cc(N3CCCCC3)ccc2NC(=O)c2cccc(CSCCO)c2)cc1. The molecule has 4 rings (SSSR count). The van der Waals surface area contributed by atoms with Gasteiger partial charge in [-0.15, -0.1) is 0 Å². The monoisotopic (exact) mass is 530 g/mol. The summed E-state index contributed by atoms with van der Waals surface area (Å²) in [5.41, 5.74) is 7.90. The maximum atomic E-state index is 13.2. The highest BCUT2D eigenvalue weighted by atomic mass is 32.2. The third-order valence-corrected chi connectivity index (χ3v) is 7.38. The number of aliphatic hydroxyl groups excluding tert-OH is 1. The molecule has 3 aromatic carbocycles. The maximum absolute atomic E-state index is 13.2. The van der Waals surface area contributed by atoms with Gasteiger partial charge in [-0.25, -0.2) is 5.43 Å². The minimum absolute atomic E-state index is 0.123. The molecular weight excluding hydrogens is 496 g/mol. The summed E-state index contributed by atoms with van der Waals surface area (Å²) in [6.07, 6.45) is 5.05. The quantitative estimate of drug-likeness (QED) is 0.190. The molecule has 0 aliphatic carbocycles. The fraction of sp³-hybridized carbons (Fsp3) is 0.300. The standard InChI is InChI=1S/C30H34N4O3S/c1-22-8-10-23(11-9-22)20-31-33-30(37)27-19-26(34-14-3-2-4-15-34)12-13-28(27)32-29(36)25-7-5-6-24(18-25)21-38-17-16-35/h5-13,18-20,35H,2-4,14-17,21H2,1H3,(H,32,36)(H,33,37). The Hall–Kier alpha value is -3.62. The Bertz CT molecular complexity index is 1270. The van der Waals surface area contributed by atoms with E-state index in [0.29, 0.717) is 28.3 Å². The van der Waals surface area contributed by atoms with Crippen molar-refractivity contribution in [3.63, 3.8) is 0 Å². The van der Waals surface area contributed by atoms with Crippen molar-refractivity contribution in [3.8, 4) is 0 Å². The average molecular weight is 531 g/mol. The fourth-order valence-electron chi connectivity index (χ4n) is 4.31. The lowest BCUT2D eigenvalue weighted by Crippen LogP contribution is -2.30. The van der Waals surface area contributed by atoms with Crippen molar-refractivity contribution in [3.05, 3.63) is 94.5 Å². The Morgan fingerprint density at radius 2 is 1.79 bits per heavy atom. The zero-order valence-corrected chi connectivity index (χ0v) is 22.5. The van der Waals surface area contributed by atoms with E-state index in [1.54, 1.807) is 30.1 Å². The van der Waals surface area contributed by atoms with Crippen molar-refractivity contribution in [1.29, 1.82) is 0 Å². The van der Waals surface area contributed by atoms with Crippen molar-refractivity contribution in [2.75, 3.05) is 35.7 Å². The van der Waals surface area contributed by atoms with E-state index in [4.69, 9.17) is 5.11 Å². The molecule has 38 heavy (non-hydrogen) atoms. The van der Waals surface area contributed by atoms with E-state index in [-0.39, 0.29) is 12.5 Å². The van der Waals surface area contributed by atoms with Crippen LogP contribution in [0, 0.1) is 6.92 Å². The zero-order chi connectivity index (χ0) is 26.7. The predicted octanol–water partition coefficient (Wildman–Crippen LogP) is 5.23. The van der Waals surface area contributed by atoms with Crippen LogP contribution in [-0.4, -0.2) is 48.6 Å². The van der Waals surface area contributed by atoms with E-state index in [2.05, 4.69) is 20.7 Å². The van der Waals surface area contributed by atoms with Crippen LogP contribution in [0.15, 0.2) is 71.8 Å². The molecule has 1 saturated heterocycles. The van der Waals surface area contributed by atoms with Gasteiger partial charge in [0, 0.05) is 35.8 Å². The Morgan fingerprint density at radius 1 is 1.00 bits per heavy atom. The second kappa shape index (κ2) is 13.8. The summed E-state index contributed by atoms with van der Waals surface area (Å²) in [4.78, 5) is 28.7. The van der Waals surface area contributed by atoms with Gasteiger partial charge < -0.3 is 15.3 Å². The van der Waals surface area contributed by atoms with Crippen LogP contribution in [0.3, 0.4) is 0 Å². The van der Waals surface area contributed by atoms with Crippen LogP contribution in [0.4, 0.5) is 11.4 Å². The van der Waals surface area contributed by atoms with Gasteiger partial charge in [-0.2, -0.15) is 16.9 Å². The largest absolute Gasteiger partial charge is 0.396 e. The van der Waals surface area contributed by atoms with Gasteiger partial charge in [-0.1, -0.05) is 42.0 Å². The second-order valence-corrected chi connectivity index (χ2v) is 10.4. The molecular formula is C30H34N4O3S. The third kappa shape index (κ3) is 7.69. The number of aliphatic hydroxyl groups is 1. The van der Waals surface area contributed by atoms with Gasteiger partial charge in [0.2, 0.25) is 0 Å². The Labute approximate surface area is 228 Å². The van der Waals surface area contributed by atoms with Gasteiger partial charge in [0.05, 0.1) is 24.1 Å².